The predicted octanol–water partition coefficient (Wildman–Crippen LogP) is 1.89. The van der Waals surface area contributed by atoms with Gasteiger partial charge in [-0.2, -0.15) is 0 Å². The van der Waals surface area contributed by atoms with Gasteiger partial charge >= 0.3 is 0 Å². The highest BCUT2D eigenvalue weighted by atomic mass is 35.5. The largest absolute Gasteiger partial charge is 0.340 e. The van der Waals surface area contributed by atoms with Crippen LogP contribution in [0.5, 0.6) is 0 Å². The third-order valence-electron chi connectivity index (χ3n) is 4.37. The van der Waals surface area contributed by atoms with Crippen LogP contribution in [-0.2, 0) is 11.3 Å². The van der Waals surface area contributed by atoms with Crippen molar-refractivity contribution in [3.8, 4) is 0 Å². The van der Waals surface area contributed by atoms with Gasteiger partial charge in [-0.1, -0.05) is 30.3 Å². The Balaban J connectivity index is 0.00000176. The number of piperazine rings is 1. The third-order valence-corrected chi connectivity index (χ3v) is 4.37. The van der Waals surface area contributed by atoms with Gasteiger partial charge in [0.05, 0.1) is 0 Å². The summed E-state index contributed by atoms with van der Waals surface area (Å²) in [7, 11) is 0. The van der Waals surface area contributed by atoms with Crippen molar-refractivity contribution in [2.24, 2.45) is 0 Å². The van der Waals surface area contributed by atoms with Crippen molar-refractivity contribution in [1.29, 1.82) is 0 Å². The second kappa shape index (κ2) is 8.51. The molecule has 4 nitrogen and oxygen atoms in total. The summed E-state index contributed by atoms with van der Waals surface area (Å²) in [5.41, 5.74) is 1.35. The molecule has 2 fully saturated rings. The first kappa shape index (κ1) is 17.3. The molecule has 1 saturated heterocycles. The summed E-state index contributed by atoms with van der Waals surface area (Å²) < 4.78 is 0. The maximum Gasteiger partial charge on any atom is 0.223 e. The van der Waals surface area contributed by atoms with E-state index in [9.17, 15) is 4.79 Å². The normalized spacial score (nSPS) is 18.1. The number of nitrogens with one attached hydrogen (secondary N) is 1. The minimum atomic E-state index is 0. The molecule has 0 unspecified atom stereocenters. The average Bonchev–Trinajstić information content (AvgIpc) is 3.38. The Labute approximate surface area is 139 Å². The standard InChI is InChI=1S/C17H25N3O.ClH/c21-17(19-12-9-18-10-13-19)8-11-20(16-6-7-16)14-15-4-2-1-3-5-15;/h1-5,16,18H,6-14H2;1H. The van der Waals surface area contributed by atoms with E-state index in [1.54, 1.807) is 0 Å². The molecule has 0 bridgehead atoms. The Morgan fingerprint density at radius 2 is 1.86 bits per heavy atom. The van der Waals surface area contributed by atoms with Crippen molar-refractivity contribution in [2.45, 2.75) is 31.8 Å². The van der Waals surface area contributed by atoms with Crippen LogP contribution in [0, 0.1) is 0 Å². The number of hydrogen-bond acceptors (Lipinski definition) is 3. The van der Waals surface area contributed by atoms with E-state index in [0.717, 1.165) is 39.3 Å². The molecule has 0 spiro atoms. The number of halogens is 1. The molecule has 0 radical (unpaired) electrons. The number of carbonyl (C=O) groups excluding carboxylic acids is 1. The molecule has 122 valence electrons. The van der Waals surface area contributed by atoms with Crippen LogP contribution in [0.25, 0.3) is 0 Å². The molecule has 22 heavy (non-hydrogen) atoms. The smallest absolute Gasteiger partial charge is 0.223 e. The molecular formula is C17H26ClN3O. The van der Waals surface area contributed by atoms with Gasteiger partial charge in [0.1, 0.15) is 0 Å². The number of carbonyl (C=O) groups is 1. The molecule has 1 aliphatic carbocycles. The van der Waals surface area contributed by atoms with E-state index in [1.165, 1.54) is 18.4 Å². The van der Waals surface area contributed by atoms with E-state index < -0.39 is 0 Å². The monoisotopic (exact) mass is 323 g/mol. The van der Waals surface area contributed by atoms with Crippen molar-refractivity contribution >= 4 is 18.3 Å². The van der Waals surface area contributed by atoms with Gasteiger partial charge in [0, 0.05) is 51.7 Å². The fourth-order valence-corrected chi connectivity index (χ4v) is 2.96. The van der Waals surface area contributed by atoms with E-state index in [1.807, 2.05) is 4.90 Å². The summed E-state index contributed by atoms with van der Waals surface area (Å²) >= 11 is 0. The zero-order valence-corrected chi connectivity index (χ0v) is 13.9. The second-order valence-electron chi connectivity index (χ2n) is 6.07. The molecule has 1 aromatic carbocycles. The number of hydrogen-bond donors (Lipinski definition) is 1. The zero-order valence-electron chi connectivity index (χ0n) is 13.0. The van der Waals surface area contributed by atoms with E-state index in [2.05, 4.69) is 40.5 Å². The fraction of sp³-hybridized carbons (Fsp3) is 0.588. The predicted molar refractivity (Wildman–Crippen MR) is 91.2 cm³/mol. The lowest BCUT2D eigenvalue weighted by molar-refractivity contribution is -0.132. The summed E-state index contributed by atoms with van der Waals surface area (Å²) in [6, 6.07) is 11.3. The summed E-state index contributed by atoms with van der Waals surface area (Å²) in [4.78, 5) is 16.8. The number of rotatable bonds is 6. The van der Waals surface area contributed by atoms with Gasteiger partial charge in [-0.05, 0) is 18.4 Å². The summed E-state index contributed by atoms with van der Waals surface area (Å²) in [6.07, 6.45) is 3.23. The summed E-state index contributed by atoms with van der Waals surface area (Å²) in [6.45, 7) is 5.45. The highest BCUT2D eigenvalue weighted by Crippen LogP contribution is 2.28. The first-order valence-electron chi connectivity index (χ1n) is 8.09. The first-order chi connectivity index (χ1) is 10.3. The van der Waals surface area contributed by atoms with Crippen molar-refractivity contribution in [2.75, 3.05) is 32.7 Å². The van der Waals surface area contributed by atoms with Gasteiger partial charge in [0.15, 0.2) is 0 Å². The Morgan fingerprint density at radius 3 is 2.50 bits per heavy atom. The Hall–Kier alpha value is -1.10. The molecule has 1 saturated carbocycles. The van der Waals surface area contributed by atoms with Crippen molar-refractivity contribution in [1.82, 2.24) is 15.1 Å². The molecule has 2 aliphatic rings. The quantitative estimate of drug-likeness (QED) is 0.868. The average molecular weight is 324 g/mol. The van der Waals surface area contributed by atoms with Crippen molar-refractivity contribution in [3.63, 3.8) is 0 Å². The summed E-state index contributed by atoms with van der Waals surface area (Å²) in [5, 5.41) is 3.29. The Morgan fingerprint density at radius 1 is 1.18 bits per heavy atom. The van der Waals surface area contributed by atoms with Crippen molar-refractivity contribution in [3.05, 3.63) is 35.9 Å². The van der Waals surface area contributed by atoms with Crippen LogP contribution in [-0.4, -0.2) is 54.5 Å². The van der Waals surface area contributed by atoms with Gasteiger partial charge in [-0.15, -0.1) is 12.4 Å². The van der Waals surface area contributed by atoms with Gasteiger partial charge in [-0.25, -0.2) is 0 Å². The van der Waals surface area contributed by atoms with Crippen molar-refractivity contribution < 1.29 is 4.79 Å². The number of nitrogens with zero attached hydrogens (tertiary/aromatic N) is 2. The van der Waals surface area contributed by atoms with Crippen LogP contribution in [0.15, 0.2) is 30.3 Å². The van der Waals surface area contributed by atoms with E-state index in [4.69, 9.17) is 0 Å². The molecule has 1 aliphatic heterocycles. The van der Waals surface area contributed by atoms with Crippen LogP contribution in [0.3, 0.4) is 0 Å². The molecule has 0 aromatic heterocycles. The highest BCUT2D eigenvalue weighted by molar-refractivity contribution is 5.85. The molecule has 0 atom stereocenters. The molecule has 3 rings (SSSR count). The molecule has 5 heteroatoms. The number of amides is 1. The lowest BCUT2D eigenvalue weighted by atomic mass is 10.2. The van der Waals surface area contributed by atoms with Crippen LogP contribution < -0.4 is 5.32 Å². The minimum Gasteiger partial charge on any atom is -0.340 e. The van der Waals surface area contributed by atoms with E-state index in [-0.39, 0.29) is 12.4 Å². The van der Waals surface area contributed by atoms with E-state index >= 15 is 0 Å². The minimum absolute atomic E-state index is 0. The zero-order chi connectivity index (χ0) is 14.5. The van der Waals surface area contributed by atoms with Crippen LogP contribution in [0.2, 0.25) is 0 Å². The van der Waals surface area contributed by atoms with Gasteiger partial charge in [-0.3, -0.25) is 9.69 Å². The Bertz CT molecular complexity index is 458. The van der Waals surface area contributed by atoms with Crippen LogP contribution in [0.1, 0.15) is 24.8 Å². The van der Waals surface area contributed by atoms with Gasteiger partial charge in [0.2, 0.25) is 5.91 Å². The first-order valence-corrected chi connectivity index (χ1v) is 8.09. The Kier molecular flexibility index (Phi) is 6.68. The SMILES string of the molecule is Cl.O=C(CCN(Cc1ccccc1)C1CC1)N1CCNCC1. The highest BCUT2D eigenvalue weighted by Gasteiger charge is 2.29. The summed E-state index contributed by atoms with van der Waals surface area (Å²) in [5.74, 6) is 0.315. The van der Waals surface area contributed by atoms with E-state index in [0.29, 0.717) is 18.4 Å². The third kappa shape index (κ3) is 4.97. The molecular weight excluding hydrogens is 298 g/mol. The number of benzene rings is 1. The lowest BCUT2D eigenvalue weighted by Gasteiger charge is -2.29. The van der Waals surface area contributed by atoms with Crippen LogP contribution in [0.4, 0.5) is 0 Å². The molecule has 1 aromatic rings. The molecule has 1 heterocycles. The van der Waals surface area contributed by atoms with Gasteiger partial charge < -0.3 is 10.2 Å². The maximum absolute atomic E-state index is 12.3. The van der Waals surface area contributed by atoms with Crippen LogP contribution >= 0.6 is 12.4 Å². The molecule has 1 amide bonds. The second-order valence-corrected chi connectivity index (χ2v) is 6.07. The topological polar surface area (TPSA) is 35.6 Å². The lowest BCUT2D eigenvalue weighted by Crippen LogP contribution is -2.47. The molecule has 1 N–H and O–H groups in total. The van der Waals surface area contributed by atoms with Gasteiger partial charge in [0.25, 0.3) is 0 Å². The fourth-order valence-electron chi connectivity index (χ4n) is 2.96. The maximum atomic E-state index is 12.3.